The van der Waals surface area contributed by atoms with Gasteiger partial charge >= 0.3 is 0 Å². The number of aliphatic hydroxyl groups is 1. The summed E-state index contributed by atoms with van der Waals surface area (Å²) in [5.41, 5.74) is 0.00510. The first kappa shape index (κ1) is 16.3. The highest BCUT2D eigenvalue weighted by Crippen LogP contribution is 2.27. The molecular weight excluding hydrogens is 242 g/mol. The molecular formula is C15H31NOS. The van der Waals surface area contributed by atoms with E-state index in [9.17, 15) is 5.11 Å². The lowest BCUT2D eigenvalue weighted by Crippen LogP contribution is -2.49. The van der Waals surface area contributed by atoms with Gasteiger partial charge in [-0.05, 0) is 50.0 Å². The highest BCUT2D eigenvalue weighted by Gasteiger charge is 2.33. The van der Waals surface area contributed by atoms with Crippen LogP contribution in [0.5, 0.6) is 0 Å². The number of aliphatic hydroxyl groups excluding tert-OH is 1. The monoisotopic (exact) mass is 273 g/mol. The molecule has 1 aliphatic rings. The molecule has 1 saturated carbocycles. The molecule has 0 amide bonds. The molecule has 1 rings (SSSR count). The van der Waals surface area contributed by atoms with Gasteiger partial charge in [-0.3, -0.25) is 0 Å². The molecule has 0 aromatic rings. The fourth-order valence-electron chi connectivity index (χ4n) is 2.32. The van der Waals surface area contributed by atoms with Crippen LogP contribution >= 0.6 is 11.8 Å². The predicted octanol–water partition coefficient (Wildman–Crippen LogP) is 3.58. The van der Waals surface area contributed by atoms with Crippen molar-refractivity contribution in [1.82, 2.24) is 5.32 Å². The minimum Gasteiger partial charge on any atom is -0.394 e. The lowest BCUT2D eigenvalue weighted by molar-refractivity contribution is 0.144. The van der Waals surface area contributed by atoms with Crippen LogP contribution in [0, 0.1) is 0 Å². The zero-order valence-electron chi connectivity index (χ0n) is 12.2. The van der Waals surface area contributed by atoms with Crippen molar-refractivity contribution in [2.45, 2.75) is 76.8 Å². The number of hydrogen-bond acceptors (Lipinski definition) is 3. The van der Waals surface area contributed by atoms with Gasteiger partial charge in [-0.1, -0.05) is 26.7 Å². The molecule has 1 aliphatic carbocycles. The van der Waals surface area contributed by atoms with Gasteiger partial charge in [0, 0.05) is 11.6 Å². The van der Waals surface area contributed by atoms with Gasteiger partial charge in [-0.25, -0.2) is 0 Å². The zero-order valence-corrected chi connectivity index (χ0v) is 13.0. The number of nitrogens with one attached hydrogen (secondary N) is 1. The van der Waals surface area contributed by atoms with Crippen LogP contribution in [0.2, 0.25) is 0 Å². The number of unbranched alkanes of at least 4 members (excludes halogenated alkanes) is 2. The fraction of sp³-hybridized carbons (Fsp3) is 1.00. The van der Waals surface area contributed by atoms with Crippen LogP contribution in [-0.2, 0) is 0 Å². The Morgan fingerprint density at radius 3 is 2.44 bits per heavy atom. The largest absolute Gasteiger partial charge is 0.394 e. The maximum absolute atomic E-state index is 9.66. The predicted molar refractivity (Wildman–Crippen MR) is 82.3 cm³/mol. The van der Waals surface area contributed by atoms with E-state index in [1.807, 2.05) is 0 Å². The summed E-state index contributed by atoms with van der Waals surface area (Å²) in [6.45, 7) is 4.74. The van der Waals surface area contributed by atoms with E-state index >= 15 is 0 Å². The molecule has 0 spiro atoms. The minimum absolute atomic E-state index is 0.00510. The Balaban J connectivity index is 2.09. The van der Waals surface area contributed by atoms with Crippen molar-refractivity contribution in [2.24, 2.45) is 0 Å². The van der Waals surface area contributed by atoms with E-state index in [1.54, 1.807) is 0 Å². The van der Waals surface area contributed by atoms with Crippen LogP contribution in [0.15, 0.2) is 0 Å². The van der Waals surface area contributed by atoms with Crippen molar-refractivity contribution in [3.63, 3.8) is 0 Å². The molecule has 1 fully saturated rings. The van der Waals surface area contributed by atoms with Crippen molar-refractivity contribution >= 4 is 11.8 Å². The van der Waals surface area contributed by atoms with Crippen molar-refractivity contribution in [1.29, 1.82) is 0 Å². The first-order chi connectivity index (χ1) is 8.76. The van der Waals surface area contributed by atoms with Crippen molar-refractivity contribution in [2.75, 3.05) is 18.1 Å². The molecule has 1 atom stereocenters. The Morgan fingerprint density at radius 2 is 1.89 bits per heavy atom. The summed E-state index contributed by atoms with van der Waals surface area (Å²) in [4.78, 5) is 0. The molecule has 1 unspecified atom stereocenters. The van der Waals surface area contributed by atoms with Crippen molar-refractivity contribution in [3.8, 4) is 0 Å². The third-order valence-electron chi connectivity index (χ3n) is 3.90. The summed E-state index contributed by atoms with van der Waals surface area (Å²) in [6.07, 6.45) is 10.0. The van der Waals surface area contributed by atoms with Gasteiger partial charge in [0.15, 0.2) is 0 Å². The van der Waals surface area contributed by atoms with E-state index in [2.05, 4.69) is 30.9 Å². The Hall–Kier alpha value is 0.270. The van der Waals surface area contributed by atoms with Crippen LogP contribution in [0.3, 0.4) is 0 Å². The topological polar surface area (TPSA) is 32.3 Å². The third-order valence-corrected chi connectivity index (χ3v) is 5.06. The molecule has 2 N–H and O–H groups in total. The minimum atomic E-state index is 0.00510. The molecule has 3 heteroatoms. The zero-order chi connectivity index (χ0) is 13.3. The van der Waals surface area contributed by atoms with E-state index in [0.29, 0.717) is 12.6 Å². The maximum Gasteiger partial charge on any atom is 0.0613 e. The molecule has 0 radical (unpaired) electrons. The SMILES string of the molecule is CCCCCSCCCC(CC)(CO)NC1CC1. The second-order valence-electron chi connectivity index (χ2n) is 5.63. The highest BCUT2D eigenvalue weighted by molar-refractivity contribution is 7.99. The Labute approximate surface area is 117 Å². The Bertz CT molecular complexity index is 203. The Kier molecular flexibility index (Phi) is 8.36. The van der Waals surface area contributed by atoms with Crippen molar-refractivity contribution < 1.29 is 5.11 Å². The summed E-state index contributed by atoms with van der Waals surface area (Å²) >= 11 is 2.08. The molecule has 108 valence electrons. The van der Waals surface area contributed by atoms with Crippen LogP contribution in [0.4, 0.5) is 0 Å². The van der Waals surface area contributed by atoms with Crippen LogP contribution in [-0.4, -0.2) is 34.8 Å². The highest BCUT2D eigenvalue weighted by atomic mass is 32.2. The van der Waals surface area contributed by atoms with E-state index in [0.717, 1.165) is 12.8 Å². The molecule has 0 aromatic heterocycles. The molecule has 0 heterocycles. The van der Waals surface area contributed by atoms with Gasteiger partial charge in [0.2, 0.25) is 0 Å². The third kappa shape index (κ3) is 6.44. The standard InChI is InChI=1S/C15H31NOS/c1-3-5-6-11-18-12-7-10-15(4-2,13-17)16-14-8-9-14/h14,16-17H,3-13H2,1-2H3. The quantitative estimate of drug-likeness (QED) is 0.533. The van der Waals surface area contributed by atoms with Gasteiger partial charge < -0.3 is 10.4 Å². The summed E-state index contributed by atoms with van der Waals surface area (Å²) in [5.74, 6) is 2.56. The van der Waals surface area contributed by atoms with Gasteiger partial charge in [-0.15, -0.1) is 0 Å². The van der Waals surface area contributed by atoms with Crippen LogP contribution in [0.1, 0.15) is 65.2 Å². The summed E-state index contributed by atoms with van der Waals surface area (Å²) in [5, 5.41) is 13.3. The summed E-state index contributed by atoms with van der Waals surface area (Å²) in [7, 11) is 0. The second kappa shape index (κ2) is 9.22. The average molecular weight is 273 g/mol. The van der Waals surface area contributed by atoms with E-state index in [1.165, 1.54) is 50.0 Å². The lowest BCUT2D eigenvalue weighted by Gasteiger charge is -2.32. The summed E-state index contributed by atoms with van der Waals surface area (Å²) in [6, 6.07) is 0.689. The fourth-order valence-corrected chi connectivity index (χ4v) is 3.28. The molecule has 0 aromatic carbocycles. The second-order valence-corrected chi connectivity index (χ2v) is 6.86. The van der Waals surface area contributed by atoms with Crippen LogP contribution in [0.25, 0.3) is 0 Å². The van der Waals surface area contributed by atoms with Gasteiger partial charge in [0.05, 0.1) is 6.61 Å². The average Bonchev–Trinajstić information content (AvgIpc) is 3.20. The van der Waals surface area contributed by atoms with Gasteiger partial charge in [0.1, 0.15) is 0 Å². The maximum atomic E-state index is 9.66. The van der Waals surface area contributed by atoms with E-state index in [-0.39, 0.29) is 5.54 Å². The van der Waals surface area contributed by atoms with Gasteiger partial charge in [-0.2, -0.15) is 11.8 Å². The molecule has 2 nitrogen and oxygen atoms in total. The molecule has 18 heavy (non-hydrogen) atoms. The molecule has 0 saturated heterocycles. The number of rotatable bonds is 12. The normalized spacial score (nSPS) is 18.8. The first-order valence-electron chi connectivity index (χ1n) is 7.72. The smallest absolute Gasteiger partial charge is 0.0613 e. The van der Waals surface area contributed by atoms with E-state index < -0.39 is 0 Å². The number of hydrogen-bond donors (Lipinski definition) is 2. The van der Waals surface area contributed by atoms with E-state index in [4.69, 9.17) is 0 Å². The van der Waals surface area contributed by atoms with Gasteiger partial charge in [0.25, 0.3) is 0 Å². The first-order valence-corrected chi connectivity index (χ1v) is 8.88. The Morgan fingerprint density at radius 1 is 1.17 bits per heavy atom. The molecule has 0 aliphatic heterocycles. The molecule has 0 bridgehead atoms. The van der Waals surface area contributed by atoms with Crippen LogP contribution < -0.4 is 5.32 Å². The van der Waals surface area contributed by atoms with Crippen molar-refractivity contribution in [3.05, 3.63) is 0 Å². The number of thioether (sulfide) groups is 1. The summed E-state index contributed by atoms with van der Waals surface area (Å²) < 4.78 is 0. The lowest BCUT2D eigenvalue weighted by atomic mass is 9.91.